The van der Waals surface area contributed by atoms with Crippen LogP contribution in [0.15, 0.2) is 0 Å². The van der Waals surface area contributed by atoms with E-state index >= 15 is 0 Å². The number of hydrogen-bond acceptors (Lipinski definition) is 36. The second-order valence-electron chi connectivity index (χ2n) is 32.9. The molecule has 10 atom stereocenters. The minimum Gasteiger partial charge on any atom is -0.480 e. The predicted octanol–water partition coefficient (Wildman–Crippen LogP) is -11.4. The van der Waals surface area contributed by atoms with E-state index in [-0.39, 0.29) is 185 Å². The van der Waals surface area contributed by atoms with Gasteiger partial charge in [-0.3, -0.25) is 24.0 Å². The summed E-state index contributed by atoms with van der Waals surface area (Å²) >= 11 is 0. The van der Waals surface area contributed by atoms with Crippen LogP contribution >= 0.6 is 0 Å². The van der Waals surface area contributed by atoms with Gasteiger partial charge in [-0.2, -0.15) is 107 Å². The van der Waals surface area contributed by atoms with E-state index < -0.39 is 262 Å². The van der Waals surface area contributed by atoms with Crippen LogP contribution < -0.4 is 57.3 Å². The number of nitrogens with zero attached hydrogens (tertiary/aromatic N) is 10. The number of hydrogen-bond donors (Lipinski definition) is 25. The van der Waals surface area contributed by atoms with E-state index in [1.165, 1.54) is 8.61 Å². The third kappa shape index (κ3) is 33.2. The number of alkyl halides is 8. The minimum absolute atomic E-state index is 0.000445. The van der Waals surface area contributed by atoms with Gasteiger partial charge in [0.2, 0.25) is 0 Å². The number of nitrogens with two attached hydrogens (primary N) is 10. The van der Waals surface area contributed by atoms with Gasteiger partial charge in [-0.15, -0.1) is 0 Å². The Morgan fingerprint density at radius 3 is 0.832 bits per heavy atom. The number of carboxylic acids is 5. The summed E-state index contributed by atoms with van der Waals surface area (Å²) in [6.45, 7) is -8.69. The molecule has 0 aromatic carbocycles. The average Bonchev–Trinajstić information content (AvgIpc) is 1.68. The van der Waals surface area contributed by atoms with Gasteiger partial charge in [0.25, 0.3) is 57.5 Å². The summed E-state index contributed by atoms with van der Waals surface area (Å²) in [7, 11) is -29.7. The fourth-order valence-electron chi connectivity index (χ4n) is 15.8. The predicted molar refractivity (Wildman–Crippen MR) is 453 cm³/mol. The van der Waals surface area contributed by atoms with Crippen LogP contribution in [0.2, 0.25) is 31.6 Å². The molecular weight excluding hydrogens is 1890 g/mol. The Kier molecular flexibility index (Phi) is 47.5. The lowest BCUT2D eigenvalue weighted by Crippen LogP contribution is -2.58. The molecule has 7 aliphatic rings. The second-order valence-corrected chi connectivity index (χ2v) is 42.4. The molecule has 6 heterocycles. The lowest BCUT2D eigenvalue weighted by Gasteiger charge is -2.38. The standard InChI is InChI=1S/C14H29BN4O6S.C13H27BN4O7S.C12H24BF3N4O6S.C12H25BF2N4O6S.C11H22BF3N4O6S/c16-7-8-19(12-4-1-5-12)26(24,25)18-9-11(3-2-6-15(22)23)14(17,10-18)13(20)21;15-4-5-18(11-7-25-8-11)26(23,24)17-6-10(2-1-3-14(21)22)13(16,9-17)12(19)20;14-12(15,16)8-19(5-4-17)27(25,26)20-6-9(2-1-3-13(23)24)11(18,7-20)10(21)22;14-10(15)7-18(5-4-16)26(24,25)19-6-9(2-1-3-13(22)23)12(17,8-19)11(20)21;13-11(14,15)19(5-4-16)26(24,25)18-6-8(2-1-3-12(22)23)10(17,7-18)9(20)21/h11-12,22-23H,1-10,16-17H2,(H,20,21);10-11,21-22H,1-9,15-16H2,(H,19,20);9,23-24H,1-8,17-18H2,(H,21,22);9-10,22-23H,1-8,16-17H2,(H,20,21);8,22-23H,1-7,16-17H2,(H,20,21)/t11-,14-;10-,13-;9-,11-;9-,12-;8-,10-/m00000/s1. The molecule has 6 aliphatic heterocycles. The molecule has 0 spiro atoms. The van der Waals surface area contributed by atoms with Gasteiger partial charge in [0.15, 0.2) is 0 Å². The molecule has 0 amide bonds. The quantitative estimate of drug-likeness (QED) is 0.0153. The molecule has 0 unspecified atom stereocenters. The highest BCUT2D eigenvalue weighted by molar-refractivity contribution is 7.88. The molecule has 69 heteroatoms. The fraction of sp³-hybridized carbons (Fsp3) is 0.919. The van der Waals surface area contributed by atoms with Crippen molar-refractivity contribution in [3.63, 3.8) is 0 Å². The van der Waals surface area contributed by atoms with E-state index in [4.69, 9.17) is 112 Å². The van der Waals surface area contributed by atoms with E-state index in [9.17, 15) is 127 Å². The van der Waals surface area contributed by atoms with Crippen molar-refractivity contribution in [2.24, 2.45) is 86.9 Å². The van der Waals surface area contributed by atoms with Crippen LogP contribution in [0.3, 0.4) is 0 Å². The number of rotatable bonds is 50. The lowest BCUT2D eigenvalue weighted by atomic mass is 9.78. The van der Waals surface area contributed by atoms with Crippen LogP contribution in [0.5, 0.6) is 0 Å². The second kappa shape index (κ2) is 51.5. The molecule has 0 aromatic rings. The Bertz CT molecular complexity index is 4120. The maximum Gasteiger partial charge on any atom is 0.474 e. The highest BCUT2D eigenvalue weighted by Gasteiger charge is 2.61. The monoisotopic (exact) mass is 2010 g/mol. The summed E-state index contributed by atoms with van der Waals surface area (Å²) in [6.07, 6.45) is -8.58. The largest absolute Gasteiger partial charge is 0.480 e. The fourth-order valence-corrected chi connectivity index (χ4v) is 24.7. The number of halogens is 8. The normalized spacial score (nSPS) is 25.9. The number of ether oxygens (including phenoxy) is 1. The van der Waals surface area contributed by atoms with Crippen molar-refractivity contribution in [2.75, 3.05) is 157 Å². The van der Waals surface area contributed by atoms with E-state index in [2.05, 4.69) is 0 Å². The van der Waals surface area contributed by atoms with Crippen LogP contribution in [-0.2, 0) is 79.8 Å². The number of carboxylic acid groups (broad SMARTS) is 5. The molecule has 35 N–H and O–H groups in total. The summed E-state index contributed by atoms with van der Waals surface area (Å²) in [5.74, 6) is -10.9. The van der Waals surface area contributed by atoms with Crippen molar-refractivity contribution < 1.29 is 182 Å². The Balaban J connectivity index is 0.000000422. The molecule has 1 saturated carbocycles. The zero-order valence-electron chi connectivity index (χ0n) is 71.8. The summed E-state index contributed by atoms with van der Waals surface area (Å²) in [6, 6.07) is -0.409. The van der Waals surface area contributed by atoms with Crippen LogP contribution in [0.4, 0.5) is 35.1 Å². The van der Waals surface area contributed by atoms with Crippen LogP contribution in [0.1, 0.15) is 83.5 Å². The topological polar surface area (TPSA) is 861 Å². The van der Waals surface area contributed by atoms with Crippen LogP contribution in [-0.4, -0.2) is 442 Å². The number of aliphatic carboxylic acids is 5. The van der Waals surface area contributed by atoms with Crippen molar-refractivity contribution in [1.82, 2.24) is 43.1 Å². The van der Waals surface area contributed by atoms with Gasteiger partial charge in [0.05, 0.1) is 25.8 Å². The zero-order valence-corrected chi connectivity index (χ0v) is 75.8. The van der Waals surface area contributed by atoms with Crippen molar-refractivity contribution in [3.05, 3.63) is 0 Å². The highest BCUT2D eigenvalue weighted by atomic mass is 32.2. The molecule has 0 aromatic heterocycles. The van der Waals surface area contributed by atoms with Crippen molar-refractivity contribution >= 4 is 116 Å². The zero-order chi connectivity index (χ0) is 101. The first-order valence-electron chi connectivity index (χ1n) is 41.4. The van der Waals surface area contributed by atoms with Crippen molar-refractivity contribution in [2.45, 2.75) is 174 Å². The van der Waals surface area contributed by atoms with Gasteiger partial charge in [-0.1, -0.05) is 42.8 Å². The summed E-state index contributed by atoms with van der Waals surface area (Å²) < 4.78 is 242. The van der Waals surface area contributed by atoms with Crippen LogP contribution in [0, 0.1) is 29.6 Å². The van der Waals surface area contributed by atoms with Gasteiger partial charge < -0.3 is 138 Å². The van der Waals surface area contributed by atoms with E-state index in [1.807, 2.05) is 0 Å². The Morgan fingerprint density at radius 2 is 0.626 bits per heavy atom. The third-order valence-corrected chi connectivity index (χ3v) is 33.1. The summed E-state index contributed by atoms with van der Waals surface area (Å²) in [4.78, 5) is 58.1. The Labute approximate surface area is 755 Å². The third-order valence-electron chi connectivity index (χ3n) is 23.5. The molecular formula is C62H127B5F8N20O31S5. The smallest absolute Gasteiger partial charge is 0.474 e. The number of carbonyl (C=O) groups is 5. The molecule has 6 saturated heterocycles. The van der Waals surface area contributed by atoms with Gasteiger partial charge in [-0.05, 0) is 76.5 Å². The maximum atomic E-state index is 13.1. The molecule has 0 bridgehead atoms. The first kappa shape index (κ1) is 121. The maximum absolute atomic E-state index is 13.1. The molecule has 762 valence electrons. The Morgan fingerprint density at radius 1 is 0.382 bits per heavy atom. The van der Waals surface area contributed by atoms with Gasteiger partial charge in [0, 0.05) is 167 Å². The molecule has 7 fully saturated rings. The van der Waals surface area contributed by atoms with E-state index in [1.54, 1.807) is 0 Å². The average molecular weight is 2020 g/mol. The highest BCUT2D eigenvalue weighted by Crippen LogP contribution is 2.41. The van der Waals surface area contributed by atoms with E-state index in [0.717, 1.165) is 32.2 Å². The van der Waals surface area contributed by atoms with Gasteiger partial charge >= 0.3 is 77.9 Å². The van der Waals surface area contributed by atoms with Crippen molar-refractivity contribution in [3.8, 4) is 0 Å². The molecule has 7 rings (SSSR count). The van der Waals surface area contributed by atoms with E-state index in [0.29, 0.717) is 32.2 Å². The SMILES string of the molecule is NCCN(C(F)(F)F)S(=O)(=O)N1C[C@H](CCCB(O)O)[C@](N)(C(=O)O)C1.NCCN(C1CCC1)S(=O)(=O)N1C[C@H](CCCB(O)O)[C@](N)(C(=O)O)C1.NCCN(C1COC1)S(=O)(=O)N1C[C@H](CCCB(O)O)[C@](N)(C(=O)O)C1.NCCN(CC(F)(F)F)S(=O)(=O)N1C[C@H](CCCB(O)O)[C@](N)(C(=O)O)C1.NCCN(CC(F)F)S(=O)(=O)N1C[C@H](CCCB(O)O)[C@](N)(C(=O)O)C1. The van der Waals surface area contributed by atoms with Gasteiger partial charge in [0.1, 0.15) is 34.2 Å². The van der Waals surface area contributed by atoms with Gasteiger partial charge in [-0.25, -0.2) is 8.78 Å². The van der Waals surface area contributed by atoms with Crippen LogP contribution in [0.25, 0.3) is 0 Å². The molecule has 1 aliphatic carbocycles. The summed E-state index contributed by atoms with van der Waals surface area (Å²) in [5, 5.41) is 136. The minimum atomic E-state index is -5.22. The molecule has 131 heavy (non-hydrogen) atoms. The Hall–Kier alpha value is -4.38. The molecule has 0 radical (unpaired) electrons. The first-order chi connectivity index (χ1) is 60.2. The first-order valence-corrected chi connectivity index (χ1v) is 48.4. The summed E-state index contributed by atoms with van der Waals surface area (Å²) in [5.41, 5.74) is 46.9. The van der Waals surface area contributed by atoms with Crippen molar-refractivity contribution in [1.29, 1.82) is 0 Å². The molecule has 51 nitrogen and oxygen atoms in total. The lowest BCUT2D eigenvalue weighted by molar-refractivity contribution is -0.210.